The molecular formula is C67H49NO. The van der Waals surface area contributed by atoms with E-state index in [0.717, 1.165) is 62.8 Å². The molecule has 1 heterocycles. The Balaban J connectivity index is 0.996. The van der Waals surface area contributed by atoms with Gasteiger partial charge in [0.15, 0.2) is 5.75 Å². The van der Waals surface area contributed by atoms with E-state index in [2.05, 4.69) is 262 Å². The highest BCUT2D eigenvalue weighted by Crippen LogP contribution is 2.59. The van der Waals surface area contributed by atoms with Crippen LogP contribution in [0.25, 0.3) is 61.7 Å². The van der Waals surface area contributed by atoms with Crippen molar-refractivity contribution in [3.63, 3.8) is 0 Å². The maximum atomic E-state index is 7.17. The van der Waals surface area contributed by atoms with Gasteiger partial charge >= 0.3 is 0 Å². The lowest BCUT2D eigenvalue weighted by Crippen LogP contribution is -2.27. The summed E-state index contributed by atoms with van der Waals surface area (Å²) in [5.41, 5.74) is 23.3. The molecule has 0 radical (unpaired) electrons. The SMILES string of the molecule is C=C1/C=C\C=C/CC2(c3ccccc3/C=C\1)c1ccccc1-c1c(-c3ccc(N(c4ccc5c(c4)C(C)(C)c4ccccc4-5)c4cccc5c4Oc4ccccc4-c4ccccc4-5)cc3)cccc12. The van der Waals surface area contributed by atoms with Gasteiger partial charge in [-0.25, -0.2) is 0 Å². The van der Waals surface area contributed by atoms with Crippen LogP contribution in [0.5, 0.6) is 11.5 Å². The van der Waals surface area contributed by atoms with Gasteiger partial charge in [0.1, 0.15) is 5.75 Å². The number of hydrogen-bond donors (Lipinski definition) is 0. The summed E-state index contributed by atoms with van der Waals surface area (Å²) in [7, 11) is 0. The van der Waals surface area contributed by atoms with Crippen molar-refractivity contribution >= 4 is 23.1 Å². The van der Waals surface area contributed by atoms with Crippen molar-refractivity contribution in [3.8, 4) is 67.1 Å². The van der Waals surface area contributed by atoms with E-state index >= 15 is 0 Å². The molecule has 9 aromatic rings. The average Bonchev–Trinajstić information content (AvgIpc) is 3.73. The second-order valence-electron chi connectivity index (χ2n) is 19.2. The number of hydrogen-bond acceptors (Lipinski definition) is 2. The zero-order chi connectivity index (χ0) is 46.3. The summed E-state index contributed by atoms with van der Waals surface area (Å²) < 4.78 is 7.17. The van der Waals surface area contributed by atoms with Crippen molar-refractivity contribution in [2.24, 2.45) is 0 Å². The van der Waals surface area contributed by atoms with E-state index in [1.54, 1.807) is 0 Å². The monoisotopic (exact) mass is 883 g/mol. The van der Waals surface area contributed by atoms with Gasteiger partial charge in [-0.3, -0.25) is 0 Å². The first-order valence-corrected chi connectivity index (χ1v) is 24.1. The van der Waals surface area contributed by atoms with Gasteiger partial charge < -0.3 is 9.64 Å². The predicted molar refractivity (Wildman–Crippen MR) is 288 cm³/mol. The average molecular weight is 884 g/mol. The van der Waals surface area contributed by atoms with Crippen LogP contribution in [0, 0.1) is 0 Å². The van der Waals surface area contributed by atoms with Crippen LogP contribution in [0.4, 0.5) is 17.1 Å². The minimum Gasteiger partial charge on any atom is -0.454 e. The minimum absolute atomic E-state index is 0.174. The van der Waals surface area contributed by atoms with Crippen LogP contribution in [0.3, 0.4) is 0 Å². The van der Waals surface area contributed by atoms with E-state index in [0.29, 0.717) is 0 Å². The first kappa shape index (κ1) is 40.8. The number of benzene rings is 9. The van der Waals surface area contributed by atoms with Gasteiger partial charge in [-0.05, 0) is 126 Å². The van der Waals surface area contributed by atoms with E-state index in [-0.39, 0.29) is 5.41 Å². The third kappa shape index (κ3) is 6.25. The molecule has 0 fully saturated rings. The quantitative estimate of drug-likeness (QED) is 0.175. The highest BCUT2D eigenvalue weighted by Gasteiger charge is 2.45. The first-order valence-electron chi connectivity index (χ1n) is 24.1. The van der Waals surface area contributed by atoms with Gasteiger partial charge in [0.05, 0.1) is 11.1 Å². The number of nitrogens with zero attached hydrogens (tertiary/aromatic N) is 1. The van der Waals surface area contributed by atoms with E-state index < -0.39 is 5.41 Å². The largest absolute Gasteiger partial charge is 0.454 e. The second kappa shape index (κ2) is 15.8. The van der Waals surface area contributed by atoms with Crippen LogP contribution < -0.4 is 9.64 Å². The highest BCUT2D eigenvalue weighted by atomic mass is 16.5. The summed E-state index contributed by atoms with van der Waals surface area (Å²) in [4.78, 5) is 2.40. The summed E-state index contributed by atoms with van der Waals surface area (Å²) in [6, 6.07) is 73.7. The molecular weight excluding hydrogens is 835 g/mol. The summed E-state index contributed by atoms with van der Waals surface area (Å²) in [5.74, 6) is 1.67. The maximum Gasteiger partial charge on any atom is 0.159 e. The van der Waals surface area contributed by atoms with Gasteiger partial charge in [-0.2, -0.15) is 0 Å². The lowest BCUT2D eigenvalue weighted by Gasteiger charge is -2.33. The molecule has 0 saturated carbocycles. The fourth-order valence-electron chi connectivity index (χ4n) is 12.0. The minimum atomic E-state index is -0.404. The number of para-hydroxylation sites is 2. The maximum absolute atomic E-state index is 7.17. The number of fused-ring (bicyclic) bond motifs is 15. The Morgan fingerprint density at radius 3 is 1.88 bits per heavy atom. The smallest absolute Gasteiger partial charge is 0.159 e. The molecule has 3 aliphatic carbocycles. The molecule has 69 heavy (non-hydrogen) atoms. The summed E-state index contributed by atoms with van der Waals surface area (Å²) in [6.07, 6.45) is 13.9. The summed E-state index contributed by atoms with van der Waals surface area (Å²) in [5, 5.41) is 0. The summed E-state index contributed by atoms with van der Waals surface area (Å²) >= 11 is 0. The number of anilines is 3. The zero-order valence-corrected chi connectivity index (χ0v) is 38.8. The van der Waals surface area contributed by atoms with Crippen LogP contribution in [-0.2, 0) is 10.8 Å². The van der Waals surface area contributed by atoms with Crippen LogP contribution in [0.1, 0.15) is 53.6 Å². The third-order valence-corrected chi connectivity index (χ3v) is 15.2. The molecule has 13 rings (SSSR count). The number of rotatable bonds is 4. The van der Waals surface area contributed by atoms with E-state index in [1.807, 2.05) is 0 Å². The molecule has 2 heteroatoms. The van der Waals surface area contributed by atoms with Gasteiger partial charge in [0.25, 0.3) is 0 Å². The van der Waals surface area contributed by atoms with Crippen molar-refractivity contribution in [1.82, 2.24) is 0 Å². The molecule has 328 valence electrons. The van der Waals surface area contributed by atoms with Gasteiger partial charge in [-0.15, -0.1) is 0 Å². The summed E-state index contributed by atoms with van der Waals surface area (Å²) in [6.45, 7) is 9.01. The van der Waals surface area contributed by atoms with Crippen LogP contribution >= 0.6 is 0 Å². The normalized spacial score (nSPS) is 17.7. The standard InChI is InChI=1S/C67H49NO/c1-44-19-5-4-16-42-67(57-28-12-6-20-46(57)35-34-44)59-30-14-10-25-56(59)64-49(26-17-31-60(64)67)45-36-38-47(39-37-45)68(48-40-41-53-52-23-9-13-29-58(52)66(2,3)61(53)43-48)62-32-18-27-55-51-22-8-7-21-50(51)54-24-11-15-33-63(54)69-65(55)62/h4-41,43H,1,42H2,2-3H3/b16-4-,19-5-,35-34-. The molecule has 0 bridgehead atoms. The Kier molecular flexibility index (Phi) is 9.36. The third-order valence-electron chi connectivity index (χ3n) is 15.2. The van der Waals surface area contributed by atoms with Crippen molar-refractivity contribution in [2.45, 2.75) is 31.1 Å². The van der Waals surface area contributed by atoms with E-state index in [9.17, 15) is 0 Å². The molecule has 1 unspecified atom stereocenters. The fourth-order valence-corrected chi connectivity index (χ4v) is 12.0. The van der Waals surface area contributed by atoms with Crippen molar-refractivity contribution in [3.05, 3.63) is 276 Å². The van der Waals surface area contributed by atoms with Gasteiger partial charge in [0.2, 0.25) is 0 Å². The lowest BCUT2D eigenvalue weighted by molar-refractivity contribution is 0.489. The number of allylic oxidation sites excluding steroid dienone is 6. The molecule has 1 atom stereocenters. The Hall–Kier alpha value is -8.46. The van der Waals surface area contributed by atoms with Gasteiger partial charge in [-0.1, -0.05) is 221 Å². The molecule has 1 spiro atoms. The Labute approximate surface area is 405 Å². The Bertz CT molecular complexity index is 3670. The lowest BCUT2D eigenvalue weighted by atomic mass is 9.68. The fraction of sp³-hybridized carbons (Fsp3) is 0.0746. The predicted octanol–water partition coefficient (Wildman–Crippen LogP) is 18.0. The van der Waals surface area contributed by atoms with Crippen LogP contribution in [0.2, 0.25) is 0 Å². The van der Waals surface area contributed by atoms with E-state index in [4.69, 9.17) is 4.74 Å². The molecule has 0 N–H and O–H groups in total. The Morgan fingerprint density at radius 2 is 1.06 bits per heavy atom. The first-order chi connectivity index (χ1) is 33.9. The Morgan fingerprint density at radius 1 is 0.449 bits per heavy atom. The molecule has 9 aromatic carbocycles. The topological polar surface area (TPSA) is 12.5 Å². The van der Waals surface area contributed by atoms with Gasteiger partial charge in [0, 0.05) is 27.9 Å². The molecule has 2 nitrogen and oxygen atoms in total. The molecule has 0 amide bonds. The van der Waals surface area contributed by atoms with Crippen molar-refractivity contribution in [2.75, 3.05) is 4.90 Å². The molecule has 1 aliphatic heterocycles. The highest BCUT2D eigenvalue weighted by molar-refractivity contribution is 5.98. The van der Waals surface area contributed by atoms with Crippen molar-refractivity contribution < 1.29 is 4.74 Å². The molecule has 0 aromatic heterocycles. The van der Waals surface area contributed by atoms with Crippen LogP contribution in [-0.4, -0.2) is 0 Å². The number of ether oxygens (including phenoxy) is 1. The van der Waals surface area contributed by atoms with Crippen molar-refractivity contribution in [1.29, 1.82) is 0 Å². The molecule has 4 aliphatic rings. The second-order valence-corrected chi connectivity index (χ2v) is 19.2. The van der Waals surface area contributed by atoms with E-state index in [1.165, 1.54) is 66.8 Å². The molecule has 0 saturated heterocycles. The zero-order valence-electron chi connectivity index (χ0n) is 38.8. The van der Waals surface area contributed by atoms with Crippen LogP contribution in [0.15, 0.2) is 243 Å².